The van der Waals surface area contributed by atoms with E-state index in [1.807, 2.05) is 0 Å². The van der Waals surface area contributed by atoms with Crippen LogP contribution in [-0.4, -0.2) is 5.78 Å². The summed E-state index contributed by atoms with van der Waals surface area (Å²) in [5.74, 6) is 0.467. The van der Waals surface area contributed by atoms with Crippen molar-refractivity contribution in [3.63, 3.8) is 0 Å². The Balaban J connectivity index is 2.65. The predicted molar refractivity (Wildman–Crippen MR) is 55.7 cm³/mol. The third kappa shape index (κ3) is 2.32. The van der Waals surface area contributed by atoms with Gasteiger partial charge in [-0.1, -0.05) is 34.1 Å². The molecule has 76 valence electrons. The zero-order valence-electron chi connectivity index (χ0n) is 9.44. The number of ketones is 1. The van der Waals surface area contributed by atoms with Gasteiger partial charge in [-0.2, -0.15) is 0 Å². The average molecular weight is 182 g/mol. The van der Waals surface area contributed by atoms with E-state index in [4.69, 9.17) is 0 Å². The number of carbonyl (C=O) groups excluding carboxylic acids is 1. The van der Waals surface area contributed by atoms with Crippen LogP contribution in [0.25, 0.3) is 0 Å². The minimum absolute atomic E-state index is 0.0484. The topological polar surface area (TPSA) is 17.1 Å². The Morgan fingerprint density at radius 1 is 1.23 bits per heavy atom. The molecule has 0 aromatic heterocycles. The lowest BCUT2D eigenvalue weighted by atomic mass is 9.64. The van der Waals surface area contributed by atoms with Crippen molar-refractivity contribution >= 4 is 5.78 Å². The van der Waals surface area contributed by atoms with Crippen molar-refractivity contribution in [1.29, 1.82) is 0 Å². The maximum absolute atomic E-state index is 11.8. The van der Waals surface area contributed by atoms with Crippen LogP contribution in [0.3, 0.4) is 0 Å². The van der Waals surface area contributed by atoms with Gasteiger partial charge < -0.3 is 0 Å². The molecule has 0 saturated heterocycles. The minimum Gasteiger partial charge on any atom is -0.299 e. The molecule has 0 amide bonds. The van der Waals surface area contributed by atoms with E-state index in [1.54, 1.807) is 0 Å². The Labute approximate surface area is 81.9 Å². The number of Topliss-reactive ketones (excluding diaryl/α,β-unsaturated/α-hetero) is 1. The van der Waals surface area contributed by atoms with Gasteiger partial charge in [0.2, 0.25) is 0 Å². The van der Waals surface area contributed by atoms with Crippen molar-refractivity contribution in [3.8, 4) is 0 Å². The maximum Gasteiger partial charge on any atom is 0.139 e. The molecule has 13 heavy (non-hydrogen) atoms. The SMILES string of the molecule is CCCC1(C)CCC(C)(C)C(=O)C1. The van der Waals surface area contributed by atoms with Gasteiger partial charge in [-0.05, 0) is 24.7 Å². The van der Waals surface area contributed by atoms with Gasteiger partial charge in [0, 0.05) is 11.8 Å². The molecule has 1 saturated carbocycles. The summed E-state index contributed by atoms with van der Waals surface area (Å²) in [4.78, 5) is 11.8. The van der Waals surface area contributed by atoms with E-state index in [9.17, 15) is 4.79 Å². The Morgan fingerprint density at radius 3 is 2.31 bits per heavy atom. The third-order valence-corrected chi connectivity index (χ3v) is 3.55. The molecule has 1 unspecified atom stereocenters. The molecule has 1 nitrogen and oxygen atoms in total. The molecule has 0 aliphatic heterocycles. The Kier molecular flexibility index (Phi) is 2.84. The van der Waals surface area contributed by atoms with Gasteiger partial charge in [-0.25, -0.2) is 0 Å². The second kappa shape index (κ2) is 3.43. The van der Waals surface area contributed by atoms with Gasteiger partial charge >= 0.3 is 0 Å². The Bertz CT molecular complexity index is 205. The standard InChI is InChI=1S/C12H22O/c1-5-6-12(4)8-7-11(2,3)10(13)9-12/h5-9H2,1-4H3. The van der Waals surface area contributed by atoms with Gasteiger partial charge in [-0.3, -0.25) is 4.79 Å². The Morgan fingerprint density at radius 2 is 1.85 bits per heavy atom. The highest BCUT2D eigenvalue weighted by Gasteiger charge is 2.40. The first-order valence-corrected chi connectivity index (χ1v) is 5.43. The van der Waals surface area contributed by atoms with Crippen molar-refractivity contribution in [2.75, 3.05) is 0 Å². The lowest BCUT2D eigenvalue weighted by molar-refractivity contribution is -0.133. The lowest BCUT2D eigenvalue weighted by Gasteiger charge is -2.40. The first kappa shape index (κ1) is 10.7. The van der Waals surface area contributed by atoms with Crippen LogP contribution in [0.5, 0.6) is 0 Å². The summed E-state index contributed by atoms with van der Waals surface area (Å²) in [5.41, 5.74) is 0.259. The van der Waals surface area contributed by atoms with E-state index < -0.39 is 0 Å². The van der Waals surface area contributed by atoms with Crippen LogP contribution in [0.2, 0.25) is 0 Å². The van der Waals surface area contributed by atoms with Gasteiger partial charge in [-0.15, -0.1) is 0 Å². The van der Waals surface area contributed by atoms with Crippen LogP contribution in [0, 0.1) is 10.8 Å². The van der Waals surface area contributed by atoms with Crippen molar-refractivity contribution < 1.29 is 4.79 Å². The number of hydrogen-bond acceptors (Lipinski definition) is 1. The summed E-state index contributed by atoms with van der Waals surface area (Å²) in [6, 6.07) is 0. The van der Waals surface area contributed by atoms with Crippen LogP contribution in [0.1, 0.15) is 59.8 Å². The molecule has 0 aromatic carbocycles. The van der Waals surface area contributed by atoms with E-state index in [2.05, 4.69) is 27.7 Å². The largest absolute Gasteiger partial charge is 0.299 e. The normalized spacial score (nSPS) is 33.4. The molecular formula is C12H22O. The van der Waals surface area contributed by atoms with Gasteiger partial charge in [0.15, 0.2) is 0 Å². The fourth-order valence-electron chi connectivity index (χ4n) is 2.29. The summed E-state index contributed by atoms with van der Waals surface area (Å²) in [7, 11) is 0. The maximum atomic E-state index is 11.8. The second-order valence-electron chi connectivity index (χ2n) is 5.54. The van der Waals surface area contributed by atoms with Crippen molar-refractivity contribution in [2.24, 2.45) is 10.8 Å². The molecule has 0 bridgehead atoms. The zero-order chi connectivity index (χ0) is 10.1. The van der Waals surface area contributed by atoms with Gasteiger partial charge in [0.1, 0.15) is 5.78 Å². The fourth-order valence-corrected chi connectivity index (χ4v) is 2.29. The number of hydrogen-bond donors (Lipinski definition) is 0. The van der Waals surface area contributed by atoms with Crippen LogP contribution in [0.15, 0.2) is 0 Å². The van der Waals surface area contributed by atoms with Gasteiger partial charge in [0.05, 0.1) is 0 Å². The molecule has 1 fully saturated rings. The van der Waals surface area contributed by atoms with E-state index in [-0.39, 0.29) is 5.41 Å². The lowest BCUT2D eigenvalue weighted by Crippen LogP contribution is -2.37. The van der Waals surface area contributed by atoms with Crippen molar-refractivity contribution in [1.82, 2.24) is 0 Å². The molecule has 0 spiro atoms. The van der Waals surface area contributed by atoms with E-state index >= 15 is 0 Å². The molecular weight excluding hydrogens is 160 g/mol. The highest BCUT2D eigenvalue weighted by atomic mass is 16.1. The smallest absolute Gasteiger partial charge is 0.139 e. The number of rotatable bonds is 2. The van der Waals surface area contributed by atoms with E-state index in [0.29, 0.717) is 11.2 Å². The highest BCUT2D eigenvalue weighted by Crippen LogP contribution is 2.44. The van der Waals surface area contributed by atoms with Gasteiger partial charge in [0.25, 0.3) is 0 Å². The molecule has 1 atom stereocenters. The molecule has 1 rings (SSSR count). The Hall–Kier alpha value is -0.330. The second-order valence-corrected chi connectivity index (χ2v) is 5.54. The van der Waals surface area contributed by atoms with Crippen LogP contribution in [0.4, 0.5) is 0 Å². The predicted octanol–water partition coefficient (Wildman–Crippen LogP) is 3.57. The molecule has 1 aliphatic carbocycles. The molecule has 1 heteroatoms. The van der Waals surface area contributed by atoms with Crippen LogP contribution in [-0.2, 0) is 4.79 Å². The summed E-state index contributed by atoms with van der Waals surface area (Å²) >= 11 is 0. The van der Waals surface area contributed by atoms with E-state index in [1.165, 1.54) is 19.3 Å². The monoisotopic (exact) mass is 182 g/mol. The average Bonchev–Trinajstić information content (AvgIpc) is 1.99. The summed E-state index contributed by atoms with van der Waals surface area (Å²) < 4.78 is 0. The summed E-state index contributed by atoms with van der Waals surface area (Å²) in [6.07, 6.45) is 5.49. The number of carbonyl (C=O) groups is 1. The molecule has 0 N–H and O–H groups in total. The molecule has 0 aromatic rings. The molecule has 0 radical (unpaired) electrons. The summed E-state index contributed by atoms with van der Waals surface area (Å²) in [5, 5.41) is 0. The fraction of sp³-hybridized carbons (Fsp3) is 0.917. The van der Waals surface area contributed by atoms with Crippen molar-refractivity contribution in [2.45, 2.75) is 59.8 Å². The zero-order valence-corrected chi connectivity index (χ0v) is 9.44. The van der Waals surface area contributed by atoms with Crippen LogP contribution < -0.4 is 0 Å². The van der Waals surface area contributed by atoms with E-state index in [0.717, 1.165) is 12.8 Å². The summed E-state index contributed by atoms with van der Waals surface area (Å²) in [6.45, 7) is 8.64. The first-order chi connectivity index (χ1) is 5.90. The molecule has 0 heterocycles. The third-order valence-electron chi connectivity index (χ3n) is 3.55. The first-order valence-electron chi connectivity index (χ1n) is 5.43. The minimum atomic E-state index is -0.0484. The molecule has 1 aliphatic rings. The quantitative estimate of drug-likeness (QED) is 0.638. The van der Waals surface area contributed by atoms with Crippen LogP contribution >= 0.6 is 0 Å². The highest BCUT2D eigenvalue weighted by molar-refractivity contribution is 5.85. The van der Waals surface area contributed by atoms with Crippen molar-refractivity contribution in [3.05, 3.63) is 0 Å².